The molecular formula is C26H26N2OS. The summed E-state index contributed by atoms with van der Waals surface area (Å²) in [5.74, 6) is 0.285. The largest absolute Gasteiger partial charge is 0.342 e. The van der Waals surface area contributed by atoms with Crippen LogP contribution in [-0.4, -0.2) is 12.3 Å². The van der Waals surface area contributed by atoms with Crippen LogP contribution in [0, 0.1) is 5.41 Å². The predicted octanol–water partition coefficient (Wildman–Crippen LogP) is 6.42. The van der Waals surface area contributed by atoms with E-state index in [2.05, 4.69) is 89.7 Å². The third-order valence-electron chi connectivity index (χ3n) is 6.05. The fourth-order valence-electron chi connectivity index (χ4n) is 4.74. The number of nitrogens with zero attached hydrogens (tertiary/aromatic N) is 2. The van der Waals surface area contributed by atoms with E-state index in [1.165, 1.54) is 10.6 Å². The Balaban J connectivity index is 1.74. The molecule has 1 aromatic heterocycles. The van der Waals surface area contributed by atoms with Crippen LogP contribution in [0.4, 0.5) is 11.4 Å². The molecule has 30 heavy (non-hydrogen) atoms. The zero-order chi connectivity index (χ0) is 20.7. The Morgan fingerprint density at radius 3 is 2.17 bits per heavy atom. The zero-order valence-corrected chi connectivity index (χ0v) is 18.2. The third kappa shape index (κ3) is 3.35. The van der Waals surface area contributed by atoms with Gasteiger partial charge in [0.05, 0.1) is 6.54 Å². The Morgan fingerprint density at radius 2 is 1.53 bits per heavy atom. The molecule has 1 aliphatic heterocycles. The van der Waals surface area contributed by atoms with Crippen LogP contribution in [0.25, 0.3) is 0 Å². The monoisotopic (exact) mass is 414 g/mol. The highest BCUT2D eigenvalue weighted by Gasteiger charge is 2.43. The summed E-state index contributed by atoms with van der Waals surface area (Å²) < 4.78 is 0. The molecule has 0 amide bonds. The molecule has 0 spiro atoms. The van der Waals surface area contributed by atoms with Crippen LogP contribution < -0.4 is 9.80 Å². The first-order valence-corrected chi connectivity index (χ1v) is 11.4. The third-order valence-corrected chi connectivity index (χ3v) is 6.96. The van der Waals surface area contributed by atoms with Gasteiger partial charge in [0.2, 0.25) is 0 Å². The Kier molecular flexibility index (Phi) is 4.75. The van der Waals surface area contributed by atoms with E-state index in [1.807, 2.05) is 12.1 Å². The van der Waals surface area contributed by atoms with Gasteiger partial charge in [0.25, 0.3) is 0 Å². The Morgan fingerprint density at radius 1 is 0.867 bits per heavy atom. The van der Waals surface area contributed by atoms with Crippen molar-refractivity contribution in [1.82, 2.24) is 0 Å². The molecule has 2 aliphatic rings. The van der Waals surface area contributed by atoms with Crippen LogP contribution >= 0.6 is 11.3 Å². The van der Waals surface area contributed by atoms with Gasteiger partial charge in [-0.25, -0.2) is 0 Å². The molecular weight excluding hydrogens is 388 g/mol. The Labute approximate surface area is 182 Å². The number of thiophene rings is 1. The van der Waals surface area contributed by atoms with E-state index in [0.717, 1.165) is 23.4 Å². The van der Waals surface area contributed by atoms with Crippen molar-refractivity contribution in [2.24, 2.45) is 5.41 Å². The Hall–Kier alpha value is -2.85. The van der Waals surface area contributed by atoms with Crippen LogP contribution in [0.1, 0.15) is 37.7 Å². The number of para-hydroxylation sites is 2. The van der Waals surface area contributed by atoms with Gasteiger partial charge in [-0.1, -0.05) is 56.3 Å². The van der Waals surface area contributed by atoms with Crippen molar-refractivity contribution in [2.75, 3.05) is 16.3 Å². The summed E-state index contributed by atoms with van der Waals surface area (Å²) in [6.45, 7) is 5.07. The topological polar surface area (TPSA) is 23.6 Å². The number of allylic oxidation sites excluding steroid dienone is 1. The number of hydrogen-bond donors (Lipinski definition) is 0. The summed E-state index contributed by atoms with van der Waals surface area (Å²) in [6.07, 6.45) is 1.55. The lowest BCUT2D eigenvalue weighted by Crippen LogP contribution is -2.50. The standard InChI is InChI=1S/C26H26N2OS/c1-26(2)16-22-21(23(29)17-26)18-27(19-10-5-3-6-11-19)25(24-14-9-15-30-24)28(22)20-12-7-4-8-13-20/h3-15,25H,16-18H2,1-2H3. The molecule has 3 nitrogen and oxygen atoms in total. The lowest BCUT2D eigenvalue weighted by Gasteiger charge is -2.50. The molecule has 0 saturated carbocycles. The minimum atomic E-state index is -0.0299. The SMILES string of the molecule is CC1(C)CC(=O)C2=C(C1)N(c1ccccc1)C(c1cccs1)N(c1ccccc1)C2. The van der Waals surface area contributed by atoms with Gasteiger partial charge >= 0.3 is 0 Å². The van der Waals surface area contributed by atoms with E-state index in [9.17, 15) is 4.79 Å². The van der Waals surface area contributed by atoms with Crippen LogP contribution in [0.3, 0.4) is 0 Å². The minimum absolute atomic E-state index is 0.0234. The van der Waals surface area contributed by atoms with Gasteiger partial charge in [0, 0.05) is 33.9 Å². The summed E-state index contributed by atoms with van der Waals surface area (Å²) >= 11 is 1.78. The average Bonchev–Trinajstić information content (AvgIpc) is 3.28. The molecule has 0 saturated heterocycles. The van der Waals surface area contributed by atoms with Crippen molar-refractivity contribution in [3.63, 3.8) is 0 Å². The lowest BCUT2D eigenvalue weighted by atomic mass is 9.74. The normalized spacial score (nSPS) is 21.0. The number of carbonyl (C=O) groups excluding carboxylic acids is 1. The quantitative estimate of drug-likeness (QED) is 0.494. The van der Waals surface area contributed by atoms with Crippen molar-refractivity contribution < 1.29 is 4.79 Å². The minimum Gasteiger partial charge on any atom is -0.342 e. The number of anilines is 2. The summed E-state index contributed by atoms with van der Waals surface area (Å²) in [6, 6.07) is 25.3. The van der Waals surface area contributed by atoms with Gasteiger partial charge in [0.1, 0.15) is 6.17 Å². The van der Waals surface area contributed by atoms with E-state index in [1.54, 1.807) is 11.3 Å². The second-order valence-corrected chi connectivity index (χ2v) is 9.90. The van der Waals surface area contributed by atoms with E-state index < -0.39 is 0 Å². The number of Topliss-reactive ketones (excluding diaryl/α,β-unsaturated/α-hetero) is 1. The molecule has 0 fully saturated rings. The second kappa shape index (κ2) is 7.44. The summed E-state index contributed by atoms with van der Waals surface area (Å²) in [5, 5.41) is 2.14. The van der Waals surface area contributed by atoms with Gasteiger partial charge in [-0.3, -0.25) is 4.79 Å². The summed E-state index contributed by atoms with van der Waals surface area (Å²) in [4.78, 5) is 19.4. The first-order valence-electron chi connectivity index (χ1n) is 10.5. The van der Waals surface area contributed by atoms with Crippen molar-refractivity contribution in [3.05, 3.63) is 94.3 Å². The van der Waals surface area contributed by atoms with Crippen LogP contribution in [0.2, 0.25) is 0 Å². The zero-order valence-electron chi connectivity index (χ0n) is 17.4. The van der Waals surface area contributed by atoms with Crippen molar-refractivity contribution >= 4 is 28.5 Å². The molecule has 0 radical (unpaired) electrons. The second-order valence-electron chi connectivity index (χ2n) is 8.92. The number of rotatable bonds is 3. The number of ketones is 1. The summed E-state index contributed by atoms with van der Waals surface area (Å²) in [7, 11) is 0. The van der Waals surface area contributed by atoms with E-state index in [0.29, 0.717) is 13.0 Å². The van der Waals surface area contributed by atoms with Gasteiger partial charge in [-0.15, -0.1) is 11.3 Å². The molecule has 0 bridgehead atoms. The highest BCUT2D eigenvalue weighted by molar-refractivity contribution is 7.10. The highest BCUT2D eigenvalue weighted by atomic mass is 32.1. The van der Waals surface area contributed by atoms with Gasteiger partial charge < -0.3 is 9.80 Å². The highest BCUT2D eigenvalue weighted by Crippen LogP contribution is 2.48. The number of hydrogen-bond acceptors (Lipinski definition) is 4. The fraction of sp³-hybridized carbons (Fsp3) is 0.269. The van der Waals surface area contributed by atoms with Crippen LogP contribution in [0.15, 0.2) is 89.4 Å². The maximum Gasteiger partial charge on any atom is 0.162 e. The molecule has 3 aromatic rings. The van der Waals surface area contributed by atoms with Gasteiger partial charge in [-0.05, 0) is 47.5 Å². The maximum absolute atomic E-state index is 13.3. The fourth-order valence-corrected chi connectivity index (χ4v) is 5.56. The maximum atomic E-state index is 13.3. The molecule has 2 heterocycles. The molecule has 2 aromatic carbocycles. The van der Waals surface area contributed by atoms with Gasteiger partial charge in [0.15, 0.2) is 5.78 Å². The predicted molar refractivity (Wildman–Crippen MR) is 125 cm³/mol. The lowest BCUT2D eigenvalue weighted by molar-refractivity contribution is -0.118. The van der Waals surface area contributed by atoms with E-state index in [-0.39, 0.29) is 17.4 Å². The molecule has 4 heteroatoms. The first kappa shape index (κ1) is 19.1. The molecule has 1 aliphatic carbocycles. The van der Waals surface area contributed by atoms with E-state index in [4.69, 9.17) is 0 Å². The molecule has 0 N–H and O–H groups in total. The molecule has 152 valence electrons. The molecule has 5 rings (SSSR count). The van der Waals surface area contributed by atoms with Crippen molar-refractivity contribution in [2.45, 2.75) is 32.9 Å². The van der Waals surface area contributed by atoms with Crippen molar-refractivity contribution in [3.8, 4) is 0 Å². The first-order chi connectivity index (χ1) is 14.5. The van der Waals surface area contributed by atoms with Crippen LogP contribution in [0.5, 0.6) is 0 Å². The molecule has 1 atom stereocenters. The summed E-state index contributed by atoms with van der Waals surface area (Å²) in [5.41, 5.74) is 4.40. The van der Waals surface area contributed by atoms with Crippen molar-refractivity contribution in [1.29, 1.82) is 0 Å². The number of carbonyl (C=O) groups is 1. The van der Waals surface area contributed by atoms with Crippen LogP contribution in [-0.2, 0) is 4.79 Å². The Bertz CT molecular complexity index is 1070. The van der Waals surface area contributed by atoms with Gasteiger partial charge in [-0.2, -0.15) is 0 Å². The molecule has 1 unspecified atom stereocenters. The smallest absolute Gasteiger partial charge is 0.162 e. The van der Waals surface area contributed by atoms with E-state index >= 15 is 0 Å². The number of benzene rings is 2. The average molecular weight is 415 g/mol.